The Hall–Kier alpha value is -0.570. The number of ether oxygens (including phenoxy) is 2. The Morgan fingerprint density at radius 1 is 1.54 bits per heavy atom. The molecule has 0 spiro atoms. The van der Waals surface area contributed by atoms with Crippen LogP contribution >= 0.6 is 0 Å². The first-order chi connectivity index (χ1) is 6.09. The third-order valence-electron chi connectivity index (χ3n) is 2.20. The lowest BCUT2D eigenvalue weighted by Crippen LogP contribution is -2.21. The molecule has 0 aliphatic carbocycles. The standard InChI is InChI=1S/C10H18O3/c1-7(2)10(11)12-6-9-5-4-8(3)13-9/h7-9H,4-6H2,1-3H3/t8-,9-/m0/s1. The van der Waals surface area contributed by atoms with Gasteiger partial charge in [0.25, 0.3) is 0 Å². The number of esters is 1. The summed E-state index contributed by atoms with van der Waals surface area (Å²) in [5.41, 5.74) is 0. The van der Waals surface area contributed by atoms with Crippen LogP contribution in [0.5, 0.6) is 0 Å². The molecule has 76 valence electrons. The largest absolute Gasteiger partial charge is 0.463 e. The zero-order valence-corrected chi connectivity index (χ0v) is 8.58. The van der Waals surface area contributed by atoms with Crippen molar-refractivity contribution < 1.29 is 14.3 Å². The Morgan fingerprint density at radius 3 is 2.69 bits per heavy atom. The van der Waals surface area contributed by atoms with Gasteiger partial charge >= 0.3 is 5.97 Å². The molecule has 3 nitrogen and oxygen atoms in total. The van der Waals surface area contributed by atoms with E-state index < -0.39 is 0 Å². The fraction of sp³-hybridized carbons (Fsp3) is 0.900. The van der Waals surface area contributed by atoms with Crippen LogP contribution in [0.1, 0.15) is 33.6 Å². The van der Waals surface area contributed by atoms with Gasteiger partial charge in [0.2, 0.25) is 0 Å². The van der Waals surface area contributed by atoms with Crippen molar-refractivity contribution in [3.05, 3.63) is 0 Å². The van der Waals surface area contributed by atoms with Crippen LogP contribution in [0, 0.1) is 5.92 Å². The number of rotatable bonds is 3. The minimum Gasteiger partial charge on any atom is -0.463 e. The van der Waals surface area contributed by atoms with Crippen molar-refractivity contribution in [3.63, 3.8) is 0 Å². The van der Waals surface area contributed by atoms with Gasteiger partial charge in [-0.1, -0.05) is 13.8 Å². The fourth-order valence-corrected chi connectivity index (χ4v) is 1.35. The summed E-state index contributed by atoms with van der Waals surface area (Å²) in [7, 11) is 0. The first-order valence-electron chi connectivity index (χ1n) is 4.91. The molecule has 1 rings (SSSR count). The second kappa shape index (κ2) is 4.61. The molecule has 1 saturated heterocycles. The predicted molar refractivity (Wildman–Crippen MR) is 49.4 cm³/mol. The molecular weight excluding hydrogens is 168 g/mol. The smallest absolute Gasteiger partial charge is 0.308 e. The third kappa shape index (κ3) is 3.35. The van der Waals surface area contributed by atoms with Crippen molar-refractivity contribution in [3.8, 4) is 0 Å². The maximum absolute atomic E-state index is 11.1. The van der Waals surface area contributed by atoms with Gasteiger partial charge in [0.15, 0.2) is 0 Å². The normalized spacial score (nSPS) is 28.0. The molecule has 0 unspecified atom stereocenters. The van der Waals surface area contributed by atoms with Gasteiger partial charge in [0.05, 0.1) is 18.1 Å². The van der Waals surface area contributed by atoms with Gasteiger partial charge in [-0.3, -0.25) is 4.79 Å². The van der Waals surface area contributed by atoms with E-state index in [0.717, 1.165) is 12.8 Å². The SMILES string of the molecule is CC(C)C(=O)OC[C@@H]1CC[C@H](C)O1. The zero-order valence-electron chi connectivity index (χ0n) is 8.58. The van der Waals surface area contributed by atoms with Crippen molar-refractivity contribution in [2.45, 2.75) is 45.8 Å². The summed E-state index contributed by atoms with van der Waals surface area (Å²) in [5.74, 6) is -0.179. The van der Waals surface area contributed by atoms with E-state index in [4.69, 9.17) is 9.47 Å². The lowest BCUT2D eigenvalue weighted by molar-refractivity contribution is -0.151. The van der Waals surface area contributed by atoms with Crippen molar-refractivity contribution in [1.82, 2.24) is 0 Å². The van der Waals surface area contributed by atoms with Gasteiger partial charge in [-0.05, 0) is 19.8 Å². The van der Waals surface area contributed by atoms with Crippen molar-refractivity contribution >= 4 is 5.97 Å². The molecule has 2 atom stereocenters. The second-order valence-corrected chi connectivity index (χ2v) is 3.93. The first-order valence-corrected chi connectivity index (χ1v) is 4.91. The molecule has 0 bridgehead atoms. The van der Waals surface area contributed by atoms with Gasteiger partial charge in [-0.15, -0.1) is 0 Å². The molecule has 13 heavy (non-hydrogen) atoms. The van der Waals surface area contributed by atoms with E-state index in [-0.39, 0.29) is 18.0 Å². The molecule has 3 heteroatoms. The van der Waals surface area contributed by atoms with Gasteiger partial charge in [-0.2, -0.15) is 0 Å². The van der Waals surface area contributed by atoms with Crippen LogP contribution in [-0.2, 0) is 14.3 Å². The summed E-state index contributed by atoms with van der Waals surface area (Å²) in [6, 6.07) is 0. The zero-order chi connectivity index (χ0) is 9.84. The van der Waals surface area contributed by atoms with E-state index in [1.54, 1.807) is 0 Å². The molecule has 1 aliphatic rings. The summed E-state index contributed by atoms with van der Waals surface area (Å²) < 4.78 is 10.6. The average Bonchev–Trinajstić information content (AvgIpc) is 2.47. The van der Waals surface area contributed by atoms with Crippen molar-refractivity contribution in [2.24, 2.45) is 5.92 Å². The van der Waals surface area contributed by atoms with Crippen LogP contribution < -0.4 is 0 Å². The molecule has 1 aliphatic heterocycles. The average molecular weight is 186 g/mol. The van der Waals surface area contributed by atoms with Crippen LogP contribution in [0.4, 0.5) is 0 Å². The molecule has 0 aromatic rings. The maximum Gasteiger partial charge on any atom is 0.308 e. The Kier molecular flexibility index (Phi) is 3.72. The van der Waals surface area contributed by atoms with Crippen LogP contribution in [0.25, 0.3) is 0 Å². The maximum atomic E-state index is 11.1. The van der Waals surface area contributed by atoms with Crippen LogP contribution in [0.15, 0.2) is 0 Å². The highest BCUT2D eigenvalue weighted by Crippen LogP contribution is 2.19. The highest BCUT2D eigenvalue weighted by molar-refractivity contribution is 5.71. The molecule has 0 saturated carbocycles. The highest BCUT2D eigenvalue weighted by Gasteiger charge is 2.23. The lowest BCUT2D eigenvalue weighted by Gasteiger charge is -2.12. The minimum atomic E-state index is -0.136. The lowest BCUT2D eigenvalue weighted by atomic mass is 10.2. The summed E-state index contributed by atoms with van der Waals surface area (Å²) in [4.78, 5) is 11.1. The summed E-state index contributed by atoms with van der Waals surface area (Å²) >= 11 is 0. The van der Waals surface area contributed by atoms with E-state index in [9.17, 15) is 4.79 Å². The van der Waals surface area contributed by atoms with Crippen LogP contribution in [0.3, 0.4) is 0 Å². The third-order valence-corrected chi connectivity index (χ3v) is 2.20. The molecule has 0 amide bonds. The van der Waals surface area contributed by atoms with E-state index in [0.29, 0.717) is 12.7 Å². The Balaban J connectivity index is 2.16. The van der Waals surface area contributed by atoms with Crippen LogP contribution in [-0.4, -0.2) is 24.8 Å². The Bertz CT molecular complexity index is 177. The number of hydrogen-bond donors (Lipinski definition) is 0. The summed E-state index contributed by atoms with van der Waals surface area (Å²) in [5, 5.41) is 0. The van der Waals surface area contributed by atoms with Gasteiger partial charge in [0.1, 0.15) is 6.61 Å². The van der Waals surface area contributed by atoms with E-state index in [2.05, 4.69) is 0 Å². The first kappa shape index (κ1) is 10.5. The number of carbonyl (C=O) groups excluding carboxylic acids is 1. The monoisotopic (exact) mass is 186 g/mol. The van der Waals surface area contributed by atoms with Gasteiger partial charge in [-0.25, -0.2) is 0 Å². The molecule has 0 N–H and O–H groups in total. The van der Waals surface area contributed by atoms with Crippen LogP contribution in [0.2, 0.25) is 0 Å². The molecule has 0 aromatic heterocycles. The molecule has 0 radical (unpaired) electrons. The summed E-state index contributed by atoms with van der Waals surface area (Å²) in [6.45, 7) is 6.13. The molecule has 1 heterocycles. The minimum absolute atomic E-state index is 0.0428. The van der Waals surface area contributed by atoms with Gasteiger partial charge < -0.3 is 9.47 Å². The highest BCUT2D eigenvalue weighted by atomic mass is 16.6. The van der Waals surface area contributed by atoms with Crippen molar-refractivity contribution in [2.75, 3.05) is 6.61 Å². The van der Waals surface area contributed by atoms with E-state index in [1.807, 2.05) is 20.8 Å². The number of carbonyl (C=O) groups is 1. The molecule has 1 fully saturated rings. The fourth-order valence-electron chi connectivity index (χ4n) is 1.35. The quantitative estimate of drug-likeness (QED) is 0.630. The molecular formula is C10H18O3. The van der Waals surface area contributed by atoms with Crippen molar-refractivity contribution in [1.29, 1.82) is 0 Å². The van der Waals surface area contributed by atoms with Gasteiger partial charge in [0, 0.05) is 0 Å². The summed E-state index contributed by atoms with van der Waals surface area (Å²) in [6.07, 6.45) is 2.52. The Morgan fingerprint density at radius 2 is 2.23 bits per heavy atom. The second-order valence-electron chi connectivity index (χ2n) is 3.93. The topological polar surface area (TPSA) is 35.5 Å². The van der Waals surface area contributed by atoms with E-state index in [1.165, 1.54) is 0 Å². The predicted octanol–water partition coefficient (Wildman–Crippen LogP) is 1.75. The number of hydrogen-bond acceptors (Lipinski definition) is 3. The Labute approximate surface area is 79.4 Å². The molecule has 0 aromatic carbocycles. The van der Waals surface area contributed by atoms with E-state index >= 15 is 0 Å².